The Labute approximate surface area is 109 Å². The Hall–Kier alpha value is -1.57. The predicted molar refractivity (Wildman–Crippen MR) is 75.8 cm³/mol. The number of ketones is 1. The van der Waals surface area contributed by atoms with E-state index in [1.807, 2.05) is 13.1 Å². The molecule has 18 heavy (non-hydrogen) atoms. The number of Topliss-reactive ketones (excluding diaryl/α,β-unsaturated/α-hetero) is 1. The maximum Gasteiger partial charge on any atom is 0.155 e. The zero-order valence-electron chi connectivity index (χ0n) is 11.4. The molecule has 0 spiro atoms. The van der Waals surface area contributed by atoms with Crippen molar-refractivity contribution in [3.63, 3.8) is 0 Å². The molecule has 0 N–H and O–H groups in total. The second-order valence-electron chi connectivity index (χ2n) is 4.93. The molecule has 1 aromatic carbocycles. The lowest BCUT2D eigenvalue weighted by Crippen LogP contribution is -2.17. The minimum Gasteiger partial charge on any atom is -0.340 e. The van der Waals surface area contributed by atoms with Gasteiger partial charge in [-0.25, -0.2) is 0 Å². The van der Waals surface area contributed by atoms with Crippen molar-refractivity contribution in [2.75, 3.05) is 0 Å². The van der Waals surface area contributed by atoms with Crippen molar-refractivity contribution >= 4 is 16.7 Å². The lowest BCUT2D eigenvalue weighted by molar-refractivity contribution is -0.122. The van der Waals surface area contributed by atoms with E-state index in [0.29, 0.717) is 12.3 Å². The molecular weight excluding hydrogens is 222 g/mol. The van der Waals surface area contributed by atoms with Crippen LogP contribution in [0.2, 0.25) is 0 Å². The lowest BCUT2D eigenvalue weighted by atomic mass is 10.0. The third-order valence-electron chi connectivity index (χ3n) is 3.74. The number of benzene rings is 1. The molecule has 0 saturated heterocycles. The monoisotopic (exact) mass is 243 g/mol. The summed E-state index contributed by atoms with van der Waals surface area (Å²) in [6.45, 7) is 6.72. The highest BCUT2D eigenvalue weighted by Crippen LogP contribution is 2.21. The van der Waals surface area contributed by atoms with Gasteiger partial charge in [-0.05, 0) is 29.9 Å². The average molecular weight is 243 g/mol. The Kier molecular flexibility index (Phi) is 3.85. The summed E-state index contributed by atoms with van der Waals surface area (Å²) in [4.78, 5) is 12.1. The fraction of sp³-hybridized carbons (Fsp3) is 0.438. The molecule has 2 nitrogen and oxygen atoms in total. The summed E-state index contributed by atoms with van der Waals surface area (Å²) in [5.41, 5.74) is 2.53. The molecule has 2 heteroatoms. The first-order valence-electron chi connectivity index (χ1n) is 6.76. The average Bonchev–Trinajstić information content (AvgIpc) is 2.81. The van der Waals surface area contributed by atoms with E-state index in [2.05, 4.69) is 42.7 Å². The van der Waals surface area contributed by atoms with Crippen molar-refractivity contribution in [1.82, 2.24) is 4.57 Å². The highest BCUT2D eigenvalue weighted by molar-refractivity contribution is 5.87. The molecule has 1 heterocycles. The normalized spacial score (nSPS) is 12.8. The summed E-state index contributed by atoms with van der Waals surface area (Å²) in [7, 11) is 0. The predicted octanol–water partition coefficient (Wildman–Crippen LogP) is 3.82. The molecule has 1 unspecified atom stereocenters. The highest BCUT2D eigenvalue weighted by Gasteiger charge is 2.13. The summed E-state index contributed by atoms with van der Waals surface area (Å²) in [5, 5.41) is 1.23. The molecule has 1 aromatic heterocycles. The molecule has 2 aromatic rings. The van der Waals surface area contributed by atoms with Crippen LogP contribution in [0.3, 0.4) is 0 Å². The third-order valence-corrected chi connectivity index (χ3v) is 3.74. The topological polar surface area (TPSA) is 22.0 Å². The van der Waals surface area contributed by atoms with E-state index in [0.717, 1.165) is 12.8 Å². The molecule has 2 rings (SSSR count). The van der Waals surface area contributed by atoms with Crippen LogP contribution in [0.15, 0.2) is 30.5 Å². The first-order valence-corrected chi connectivity index (χ1v) is 6.76. The molecule has 0 radical (unpaired) electrons. The summed E-state index contributed by atoms with van der Waals surface area (Å²) in [6.07, 6.45) is 3.95. The van der Waals surface area contributed by atoms with Gasteiger partial charge in [-0.15, -0.1) is 0 Å². The molecule has 0 bridgehead atoms. The van der Waals surface area contributed by atoms with Crippen molar-refractivity contribution in [2.24, 2.45) is 5.92 Å². The van der Waals surface area contributed by atoms with Crippen LogP contribution in [0.5, 0.6) is 0 Å². The second kappa shape index (κ2) is 5.38. The smallest absolute Gasteiger partial charge is 0.155 e. The summed E-state index contributed by atoms with van der Waals surface area (Å²) >= 11 is 0. The van der Waals surface area contributed by atoms with E-state index in [1.165, 1.54) is 16.5 Å². The van der Waals surface area contributed by atoms with Crippen molar-refractivity contribution in [3.8, 4) is 0 Å². The van der Waals surface area contributed by atoms with E-state index in [-0.39, 0.29) is 5.92 Å². The van der Waals surface area contributed by atoms with Gasteiger partial charge in [0.15, 0.2) is 5.78 Å². The summed E-state index contributed by atoms with van der Waals surface area (Å²) < 4.78 is 2.10. The van der Waals surface area contributed by atoms with Crippen LogP contribution in [-0.4, -0.2) is 10.4 Å². The van der Waals surface area contributed by atoms with Gasteiger partial charge in [0.05, 0.1) is 12.1 Å². The zero-order valence-corrected chi connectivity index (χ0v) is 11.4. The number of rotatable bonds is 5. The number of aromatic nitrogens is 1. The fourth-order valence-corrected chi connectivity index (χ4v) is 2.31. The number of carbonyl (C=O) groups is 1. The van der Waals surface area contributed by atoms with Gasteiger partial charge in [-0.3, -0.25) is 4.79 Å². The van der Waals surface area contributed by atoms with Crippen LogP contribution in [0.4, 0.5) is 0 Å². The van der Waals surface area contributed by atoms with E-state index in [1.54, 1.807) is 0 Å². The maximum absolute atomic E-state index is 12.1. The Morgan fingerprint density at radius 1 is 1.28 bits per heavy atom. The number of aryl methyl sites for hydroxylation is 1. The van der Waals surface area contributed by atoms with Gasteiger partial charge in [0, 0.05) is 12.1 Å². The zero-order chi connectivity index (χ0) is 13.1. The molecule has 0 fully saturated rings. The van der Waals surface area contributed by atoms with Crippen LogP contribution < -0.4 is 0 Å². The Morgan fingerprint density at radius 3 is 2.72 bits per heavy atom. The van der Waals surface area contributed by atoms with Gasteiger partial charge in [-0.1, -0.05) is 39.0 Å². The van der Waals surface area contributed by atoms with Gasteiger partial charge in [0.25, 0.3) is 0 Å². The van der Waals surface area contributed by atoms with Crippen LogP contribution in [0, 0.1) is 5.92 Å². The van der Waals surface area contributed by atoms with Gasteiger partial charge in [0.2, 0.25) is 0 Å². The largest absolute Gasteiger partial charge is 0.340 e. The highest BCUT2D eigenvalue weighted by atomic mass is 16.1. The van der Waals surface area contributed by atoms with Crippen LogP contribution >= 0.6 is 0 Å². The first-order chi connectivity index (χ1) is 8.67. The van der Waals surface area contributed by atoms with E-state index in [4.69, 9.17) is 0 Å². The van der Waals surface area contributed by atoms with Crippen LogP contribution in [0.1, 0.15) is 32.8 Å². The summed E-state index contributed by atoms with van der Waals surface area (Å²) in [6, 6.07) is 8.44. The Morgan fingerprint density at radius 2 is 2.06 bits per heavy atom. The van der Waals surface area contributed by atoms with Crippen LogP contribution in [-0.2, 0) is 17.8 Å². The second-order valence-corrected chi connectivity index (χ2v) is 4.93. The molecule has 0 amide bonds. The Balaban J connectivity index is 2.37. The fourth-order valence-electron chi connectivity index (χ4n) is 2.31. The third kappa shape index (κ3) is 2.33. The van der Waals surface area contributed by atoms with Crippen molar-refractivity contribution in [1.29, 1.82) is 0 Å². The van der Waals surface area contributed by atoms with Crippen molar-refractivity contribution < 1.29 is 4.79 Å². The minimum absolute atomic E-state index is 0.149. The molecule has 0 aliphatic heterocycles. The van der Waals surface area contributed by atoms with Crippen molar-refractivity contribution in [2.45, 2.75) is 40.2 Å². The molecule has 1 atom stereocenters. The number of nitrogens with zero attached hydrogens (tertiary/aromatic N) is 1. The van der Waals surface area contributed by atoms with Gasteiger partial charge in [0.1, 0.15) is 0 Å². The Bertz CT molecular complexity index is 553. The standard InChI is InChI=1S/C16H21NO/c1-4-12(3)15(18)11-17-10-9-14-8-6-7-13(5-2)16(14)17/h6-10,12H,4-5,11H2,1-3H3. The molecule has 0 aliphatic carbocycles. The first kappa shape index (κ1) is 12.9. The van der Waals surface area contributed by atoms with E-state index < -0.39 is 0 Å². The number of carbonyl (C=O) groups excluding carboxylic acids is 1. The van der Waals surface area contributed by atoms with Gasteiger partial charge >= 0.3 is 0 Å². The molecular formula is C16H21NO. The minimum atomic E-state index is 0.149. The van der Waals surface area contributed by atoms with E-state index >= 15 is 0 Å². The van der Waals surface area contributed by atoms with Crippen molar-refractivity contribution in [3.05, 3.63) is 36.0 Å². The van der Waals surface area contributed by atoms with Crippen LogP contribution in [0.25, 0.3) is 10.9 Å². The molecule has 0 aliphatic rings. The SMILES string of the molecule is CCc1cccc2ccn(CC(=O)C(C)CC)c12. The maximum atomic E-state index is 12.1. The van der Waals surface area contributed by atoms with E-state index in [9.17, 15) is 4.79 Å². The lowest BCUT2D eigenvalue weighted by Gasteiger charge is -2.11. The summed E-state index contributed by atoms with van der Waals surface area (Å²) in [5.74, 6) is 0.470. The number of para-hydroxylation sites is 1. The quantitative estimate of drug-likeness (QED) is 0.782. The molecule has 0 saturated carbocycles. The van der Waals surface area contributed by atoms with Gasteiger partial charge in [-0.2, -0.15) is 0 Å². The number of fused-ring (bicyclic) bond motifs is 1. The van der Waals surface area contributed by atoms with Gasteiger partial charge < -0.3 is 4.57 Å². The number of hydrogen-bond acceptors (Lipinski definition) is 1. The molecule has 96 valence electrons. The number of hydrogen-bond donors (Lipinski definition) is 0.